The van der Waals surface area contributed by atoms with Crippen LogP contribution in [0.1, 0.15) is 28.3 Å². The van der Waals surface area contributed by atoms with Crippen molar-refractivity contribution in [2.75, 3.05) is 0 Å². The molecule has 1 aromatic carbocycles. The smallest absolute Gasteiger partial charge is 0.159 e. The van der Waals surface area contributed by atoms with Crippen LogP contribution in [0.3, 0.4) is 0 Å². The summed E-state index contributed by atoms with van der Waals surface area (Å²) in [6, 6.07) is 8.23. The SMILES string of the molecule is Cc1ccccc1-n1cnnc1Cn1nc(C)c(C)c1C. The molecule has 0 unspecified atom stereocenters. The number of rotatable bonds is 3. The average molecular weight is 281 g/mol. The van der Waals surface area contributed by atoms with E-state index in [-0.39, 0.29) is 0 Å². The van der Waals surface area contributed by atoms with Gasteiger partial charge in [0.2, 0.25) is 0 Å². The highest BCUT2D eigenvalue weighted by Gasteiger charge is 2.13. The van der Waals surface area contributed by atoms with E-state index in [9.17, 15) is 0 Å². The molecule has 0 aliphatic rings. The summed E-state index contributed by atoms with van der Waals surface area (Å²) < 4.78 is 4.02. The van der Waals surface area contributed by atoms with Crippen molar-refractivity contribution < 1.29 is 0 Å². The maximum absolute atomic E-state index is 4.58. The molecule has 0 fully saturated rings. The van der Waals surface area contributed by atoms with Gasteiger partial charge in [-0.1, -0.05) is 18.2 Å². The minimum Gasteiger partial charge on any atom is -0.284 e. The molecular formula is C16H19N5. The Morgan fingerprint density at radius 2 is 1.81 bits per heavy atom. The third-order valence-electron chi connectivity index (χ3n) is 4.03. The number of benzene rings is 1. The molecule has 0 spiro atoms. The van der Waals surface area contributed by atoms with Crippen LogP contribution in [0.5, 0.6) is 0 Å². The Labute approximate surface area is 124 Å². The second kappa shape index (κ2) is 5.16. The minimum absolute atomic E-state index is 0.620. The quantitative estimate of drug-likeness (QED) is 0.741. The molecule has 0 aliphatic carbocycles. The fourth-order valence-electron chi connectivity index (χ4n) is 2.48. The summed E-state index contributed by atoms with van der Waals surface area (Å²) in [5.41, 5.74) is 5.78. The number of hydrogen-bond acceptors (Lipinski definition) is 3. The van der Waals surface area contributed by atoms with E-state index in [0.717, 1.165) is 17.2 Å². The third kappa shape index (κ3) is 2.35. The maximum atomic E-state index is 4.58. The molecule has 0 bridgehead atoms. The van der Waals surface area contributed by atoms with E-state index in [1.54, 1.807) is 6.33 Å². The van der Waals surface area contributed by atoms with Gasteiger partial charge in [0.05, 0.1) is 11.4 Å². The van der Waals surface area contributed by atoms with Gasteiger partial charge in [-0.05, 0) is 44.9 Å². The molecule has 21 heavy (non-hydrogen) atoms. The van der Waals surface area contributed by atoms with Gasteiger partial charge in [0.25, 0.3) is 0 Å². The van der Waals surface area contributed by atoms with Crippen LogP contribution in [0.2, 0.25) is 0 Å². The molecule has 0 N–H and O–H groups in total. The lowest BCUT2D eigenvalue weighted by molar-refractivity contribution is 0.622. The highest BCUT2D eigenvalue weighted by Crippen LogP contribution is 2.17. The Hall–Kier alpha value is -2.43. The van der Waals surface area contributed by atoms with Crippen molar-refractivity contribution in [3.63, 3.8) is 0 Å². The Morgan fingerprint density at radius 1 is 1.05 bits per heavy atom. The monoisotopic (exact) mass is 281 g/mol. The second-order valence-corrected chi connectivity index (χ2v) is 5.36. The number of para-hydroxylation sites is 1. The number of nitrogens with zero attached hydrogens (tertiary/aromatic N) is 5. The number of aryl methyl sites for hydroxylation is 2. The summed E-state index contributed by atoms with van der Waals surface area (Å²) in [5, 5.41) is 12.9. The number of aromatic nitrogens is 5. The molecule has 5 heteroatoms. The molecule has 0 aliphatic heterocycles. The van der Waals surface area contributed by atoms with Crippen LogP contribution in [-0.4, -0.2) is 24.5 Å². The van der Waals surface area contributed by atoms with Crippen molar-refractivity contribution >= 4 is 0 Å². The van der Waals surface area contributed by atoms with Crippen LogP contribution < -0.4 is 0 Å². The Balaban J connectivity index is 2.00. The van der Waals surface area contributed by atoms with Crippen LogP contribution in [0, 0.1) is 27.7 Å². The van der Waals surface area contributed by atoms with Gasteiger partial charge in [-0.3, -0.25) is 9.25 Å². The number of hydrogen-bond donors (Lipinski definition) is 0. The summed E-state index contributed by atoms with van der Waals surface area (Å²) in [7, 11) is 0. The van der Waals surface area contributed by atoms with Gasteiger partial charge in [0.1, 0.15) is 12.9 Å². The van der Waals surface area contributed by atoms with E-state index in [1.165, 1.54) is 16.8 Å². The standard InChI is InChI=1S/C16H19N5/c1-11-7-5-6-8-15(11)20-10-17-18-16(20)9-21-14(4)12(2)13(3)19-21/h5-8,10H,9H2,1-4H3. The molecule has 2 aromatic heterocycles. The first-order valence-electron chi connectivity index (χ1n) is 7.03. The van der Waals surface area contributed by atoms with Crippen LogP contribution in [0.4, 0.5) is 0 Å². The lowest BCUT2D eigenvalue weighted by Crippen LogP contribution is -2.10. The highest BCUT2D eigenvalue weighted by molar-refractivity contribution is 5.40. The molecule has 0 saturated heterocycles. The first-order valence-corrected chi connectivity index (χ1v) is 7.03. The lowest BCUT2D eigenvalue weighted by atomic mass is 10.2. The largest absolute Gasteiger partial charge is 0.284 e. The van der Waals surface area contributed by atoms with Crippen molar-refractivity contribution in [2.45, 2.75) is 34.2 Å². The highest BCUT2D eigenvalue weighted by atomic mass is 15.3. The van der Waals surface area contributed by atoms with Crippen LogP contribution >= 0.6 is 0 Å². The fraction of sp³-hybridized carbons (Fsp3) is 0.312. The predicted octanol–water partition coefficient (Wildman–Crippen LogP) is 2.75. The van der Waals surface area contributed by atoms with Gasteiger partial charge < -0.3 is 0 Å². The zero-order valence-corrected chi connectivity index (χ0v) is 12.8. The summed E-state index contributed by atoms with van der Waals surface area (Å²) in [5.74, 6) is 0.884. The first kappa shape index (κ1) is 13.5. The normalized spacial score (nSPS) is 11.0. The van der Waals surface area contributed by atoms with Crippen LogP contribution in [-0.2, 0) is 6.54 Å². The first-order chi connectivity index (χ1) is 10.1. The molecule has 5 nitrogen and oxygen atoms in total. The summed E-state index contributed by atoms with van der Waals surface area (Å²) in [4.78, 5) is 0. The predicted molar refractivity (Wildman–Crippen MR) is 81.6 cm³/mol. The second-order valence-electron chi connectivity index (χ2n) is 5.36. The van der Waals surface area contributed by atoms with Crippen molar-refractivity contribution in [2.24, 2.45) is 0 Å². The molecule has 3 rings (SSSR count). The summed E-state index contributed by atoms with van der Waals surface area (Å²) in [6.07, 6.45) is 1.76. The van der Waals surface area contributed by atoms with Gasteiger partial charge in [-0.15, -0.1) is 10.2 Å². The lowest BCUT2D eigenvalue weighted by Gasteiger charge is -2.10. The molecule has 2 heterocycles. The Morgan fingerprint density at radius 3 is 2.48 bits per heavy atom. The zero-order chi connectivity index (χ0) is 15.0. The van der Waals surface area contributed by atoms with E-state index < -0.39 is 0 Å². The topological polar surface area (TPSA) is 48.5 Å². The zero-order valence-electron chi connectivity index (χ0n) is 12.8. The van der Waals surface area contributed by atoms with Crippen molar-refractivity contribution in [1.29, 1.82) is 0 Å². The molecule has 0 radical (unpaired) electrons. The van der Waals surface area contributed by atoms with Crippen molar-refractivity contribution in [3.05, 3.63) is 58.9 Å². The van der Waals surface area contributed by atoms with Gasteiger partial charge in [-0.25, -0.2) is 0 Å². The molecule has 108 valence electrons. The Bertz CT molecular complexity index is 782. The van der Waals surface area contributed by atoms with E-state index in [2.05, 4.69) is 48.2 Å². The van der Waals surface area contributed by atoms with Crippen molar-refractivity contribution in [1.82, 2.24) is 24.5 Å². The van der Waals surface area contributed by atoms with Crippen LogP contribution in [0.25, 0.3) is 5.69 Å². The Kier molecular flexibility index (Phi) is 3.33. The molecule has 0 atom stereocenters. The maximum Gasteiger partial charge on any atom is 0.159 e. The van der Waals surface area contributed by atoms with Gasteiger partial charge in [0.15, 0.2) is 5.82 Å². The van der Waals surface area contributed by atoms with Gasteiger partial charge >= 0.3 is 0 Å². The molecule has 0 saturated carbocycles. The van der Waals surface area contributed by atoms with Gasteiger partial charge in [0, 0.05) is 5.69 Å². The average Bonchev–Trinajstić information content (AvgIpc) is 3.01. The third-order valence-corrected chi connectivity index (χ3v) is 4.03. The van der Waals surface area contributed by atoms with E-state index in [0.29, 0.717) is 6.54 Å². The molecule has 3 aromatic rings. The van der Waals surface area contributed by atoms with E-state index in [1.807, 2.05) is 28.3 Å². The summed E-state index contributed by atoms with van der Waals surface area (Å²) >= 11 is 0. The van der Waals surface area contributed by atoms with Crippen LogP contribution in [0.15, 0.2) is 30.6 Å². The van der Waals surface area contributed by atoms with E-state index >= 15 is 0 Å². The summed E-state index contributed by atoms with van der Waals surface area (Å²) in [6.45, 7) is 8.93. The molecular weight excluding hydrogens is 262 g/mol. The van der Waals surface area contributed by atoms with Gasteiger partial charge in [-0.2, -0.15) is 5.10 Å². The minimum atomic E-state index is 0.620. The van der Waals surface area contributed by atoms with Crippen molar-refractivity contribution in [3.8, 4) is 5.69 Å². The van der Waals surface area contributed by atoms with E-state index in [4.69, 9.17) is 0 Å². The fourth-order valence-corrected chi connectivity index (χ4v) is 2.48. The molecule has 0 amide bonds.